The van der Waals surface area contributed by atoms with E-state index in [9.17, 15) is 9.59 Å². The summed E-state index contributed by atoms with van der Waals surface area (Å²) in [5.74, 6) is -0.515. The Bertz CT molecular complexity index is 466. The summed E-state index contributed by atoms with van der Waals surface area (Å²) in [6, 6.07) is 8.20. The van der Waals surface area contributed by atoms with Gasteiger partial charge in [-0.15, -0.1) is 12.4 Å². The van der Waals surface area contributed by atoms with E-state index in [4.69, 9.17) is 10.5 Å². The number of methoxy groups -OCH3 is 1. The SMILES string of the molecule is COC(=O)[C@@H](CC(C)C)NC(=O)[C@H](N)Cc1ccccc1.Cl. The number of hydrogen-bond donors (Lipinski definition) is 2. The second kappa shape index (κ2) is 10.2. The number of nitrogens with one attached hydrogen (secondary N) is 1. The highest BCUT2D eigenvalue weighted by atomic mass is 35.5. The molecule has 124 valence electrons. The Labute approximate surface area is 138 Å². The number of benzene rings is 1. The first-order valence-electron chi connectivity index (χ1n) is 7.11. The molecule has 3 N–H and O–H groups in total. The lowest BCUT2D eigenvalue weighted by Gasteiger charge is -2.20. The van der Waals surface area contributed by atoms with Gasteiger partial charge in [0.15, 0.2) is 0 Å². The Morgan fingerprint density at radius 3 is 2.32 bits per heavy atom. The van der Waals surface area contributed by atoms with Gasteiger partial charge in [0.05, 0.1) is 13.2 Å². The molecule has 0 spiro atoms. The minimum atomic E-state index is -0.688. The van der Waals surface area contributed by atoms with E-state index < -0.39 is 18.1 Å². The van der Waals surface area contributed by atoms with Crippen LogP contribution in [0.3, 0.4) is 0 Å². The molecule has 0 aliphatic carbocycles. The molecule has 0 bridgehead atoms. The summed E-state index contributed by atoms with van der Waals surface area (Å²) < 4.78 is 4.72. The maximum Gasteiger partial charge on any atom is 0.328 e. The third-order valence-corrected chi connectivity index (χ3v) is 3.14. The van der Waals surface area contributed by atoms with Gasteiger partial charge in [-0.3, -0.25) is 4.79 Å². The predicted molar refractivity (Wildman–Crippen MR) is 88.8 cm³/mol. The summed E-state index contributed by atoms with van der Waals surface area (Å²) in [5, 5.41) is 2.68. The van der Waals surface area contributed by atoms with Crippen molar-refractivity contribution in [1.82, 2.24) is 5.32 Å². The first-order valence-corrected chi connectivity index (χ1v) is 7.11. The van der Waals surface area contributed by atoms with Crippen molar-refractivity contribution in [1.29, 1.82) is 0 Å². The van der Waals surface area contributed by atoms with Crippen LogP contribution in [0.5, 0.6) is 0 Å². The highest BCUT2D eigenvalue weighted by molar-refractivity contribution is 5.87. The molecule has 1 aromatic rings. The molecule has 0 saturated heterocycles. The summed E-state index contributed by atoms with van der Waals surface area (Å²) >= 11 is 0. The zero-order chi connectivity index (χ0) is 15.8. The molecule has 0 radical (unpaired) electrons. The molecule has 0 heterocycles. The van der Waals surface area contributed by atoms with E-state index in [1.54, 1.807) is 0 Å². The number of carbonyl (C=O) groups excluding carboxylic acids is 2. The molecule has 1 aromatic carbocycles. The highest BCUT2D eigenvalue weighted by Crippen LogP contribution is 2.07. The number of halogens is 1. The summed E-state index contributed by atoms with van der Waals surface area (Å²) in [4.78, 5) is 23.8. The van der Waals surface area contributed by atoms with Crippen molar-refractivity contribution in [2.24, 2.45) is 11.7 Å². The Balaban J connectivity index is 0.00000441. The number of nitrogens with two attached hydrogens (primary N) is 1. The topological polar surface area (TPSA) is 81.4 Å². The third kappa shape index (κ3) is 6.91. The molecule has 1 amide bonds. The Morgan fingerprint density at radius 1 is 1.23 bits per heavy atom. The number of ether oxygens (including phenoxy) is 1. The second-order valence-corrected chi connectivity index (χ2v) is 5.51. The van der Waals surface area contributed by atoms with Crippen LogP contribution in [0, 0.1) is 5.92 Å². The van der Waals surface area contributed by atoms with Gasteiger partial charge in [-0.25, -0.2) is 4.79 Å². The summed E-state index contributed by atoms with van der Waals surface area (Å²) in [6.45, 7) is 3.96. The smallest absolute Gasteiger partial charge is 0.328 e. The summed E-state index contributed by atoms with van der Waals surface area (Å²) in [6.07, 6.45) is 0.957. The van der Waals surface area contributed by atoms with Crippen molar-refractivity contribution < 1.29 is 14.3 Å². The van der Waals surface area contributed by atoms with Gasteiger partial charge in [0.2, 0.25) is 5.91 Å². The van der Waals surface area contributed by atoms with E-state index in [0.717, 1.165) is 5.56 Å². The van der Waals surface area contributed by atoms with Gasteiger partial charge < -0.3 is 15.8 Å². The molecule has 6 heteroatoms. The van der Waals surface area contributed by atoms with Crippen molar-refractivity contribution in [3.05, 3.63) is 35.9 Å². The quantitative estimate of drug-likeness (QED) is 0.746. The van der Waals surface area contributed by atoms with Crippen molar-refractivity contribution in [3.8, 4) is 0 Å². The average molecular weight is 329 g/mol. The molecule has 0 aliphatic heterocycles. The lowest BCUT2D eigenvalue weighted by Crippen LogP contribution is -2.49. The van der Waals surface area contributed by atoms with Crippen molar-refractivity contribution in [3.63, 3.8) is 0 Å². The molecular weight excluding hydrogens is 304 g/mol. The molecule has 5 nitrogen and oxygen atoms in total. The molecule has 0 aliphatic rings. The number of hydrogen-bond acceptors (Lipinski definition) is 4. The molecule has 0 saturated carbocycles. The third-order valence-electron chi connectivity index (χ3n) is 3.14. The van der Waals surface area contributed by atoms with Gasteiger partial charge >= 0.3 is 5.97 Å². The fourth-order valence-electron chi connectivity index (χ4n) is 2.07. The molecule has 2 atom stereocenters. The summed E-state index contributed by atoms with van der Waals surface area (Å²) in [7, 11) is 1.31. The zero-order valence-electron chi connectivity index (χ0n) is 13.2. The lowest BCUT2D eigenvalue weighted by molar-refractivity contribution is -0.145. The predicted octanol–water partition coefficient (Wildman–Crippen LogP) is 1.68. The maximum absolute atomic E-state index is 12.1. The fourth-order valence-corrected chi connectivity index (χ4v) is 2.07. The van der Waals surface area contributed by atoms with Crippen LogP contribution in [-0.2, 0) is 20.7 Å². The van der Waals surface area contributed by atoms with Crippen LogP contribution in [0.15, 0.2) is 30.3 Å². The molecule has 0 fully saturated rings. The van der Waals surface area contributed by atoms with E-state index >= 15 is 0 Å². The normalized spacial score (nSPS) is 13.0. The lowest BCUT2D eigenvalue weighted by atomic mass is 10.0. The largest absolute Gasteiger partial charge is 0.467 e. The average Bonchev–Trinajstić information content (AvgIpc) is 2.46. The van der Waals surface area contributed by atoms with Crippen LogP contribution in [0.25, 0.3) is 0 Å². The van der Waals surface area contributed by atoms with Crippen molar-refractivity contribution in [2.45, 2.75) is 38.8 Å². The Morgan fingerprint density at radius 2 is 1.82 bits per heavy atom. The van der Waals surface area contributed by atoms with Crippen LogP contribution in [0.2, 0.25) is 0 Å². The van der Waals surface area contributed by atoms with Gasteiger partial charge in [0.25, 0.3) is 0 Å². The van der Waals surface area contributed by atoms with Crippen molar-refractivity contribution in [2.75, 3.05) is 7.11 Å². The number of rotatable bonds is 7. The van der Waals surface area contributed by atoms with Gasteiger partial charge in [0, 0.05) is 0 Å². The molecule has 0 aromatic heterocycles. The molecule has 1 rings (SSSR count). The Kier molecular flexibility index (Phi) is 9.45. The maximum atomic E-state index is 12.1. The van der Waals surface area contributed by atoms with Gasteiger partial charge in [-0.1, -0.05) is 44.2 Å². The van der Waals surface area contributed by atoms with Crippen LogP contribution >= 0.6 is 12.4 Å². The van der Waals surface area contributed by atoms with E-state index in [0.29, 0.717) is 12.8 Å². The van der Waals surface area contributed by atoms with Crippen LogP contribution in [-0.4, -0.2) is 31.1 Å². The first kappa shape index (κ1) is 20.4. The van der Waals surface area contributed by atoms with Gasteiger partial charge in [-0.2, -0.15) is 0 Å². The van der Waals surface area contributed by atoms with Gasteiger partial charge in [0.1, 0.15) is 6.04 Å². The number of carbonyl (C=O) groups is 2. The van der Waals surface area contributed by atoms with E-state index in [-0.39, 0.29) is 24.2 Å². The standard InChI is InChI=1S/C16H24N2O3.ClH/c1-11(2)9-14(16(20)21-3)18-15(19)13(17)10-12-7-5-4-6-8-12;/h4-8,11,13-14H,9-10,17H2,1-3H3,(H,18,19);1H/t13-,14-;/m1./s1. The minimum Gasteiger partial charge on any atom is -0.467 e. The zero-order valence-corrected chi connectivity index (χ0v) is 14.1. The first-order chi connectivity index (χ1) is 9.93. The van der Waals surface area contributed by atoms with E-state index in [1.165, 1.54) is 7.11 Å². The monoisotopic (exact) mass is 328 g/mol. The van der Waals surface area contributed by atoms with E-state index in [1.807, 2.05) is 44.2 Å². The summed E-state index contributed by atoms with van der Waals surface area (Å²) in [5.41, 5.74) is 6.89. The van der Waals surface area contributed by atoms with E-state index in [2.05, 4.69) is 5.32 Å². The minimum absolute atomic E-state index is 0. The number of amides is 1. The number of esters is 1. The van der Waals surface area contributed by atoms with Crippen LogP contribution in [0.1, 0.15) is 25.8 Å². The van der Waals surface area contributed by atoms with Crippen molar-refractivity contribution >= 4 is 24.3 Å². The Hall–Kier alpha value is -1.59. The molecule has 22 heavy (non-hydrogen) atoms. The highest BCUT2D eigenvalue weighted by Gasteiger charge is 2.25. The molecule has 0 unspecified atom stereocenters. The second-order valence-electron chi connectivity index (χ2n) is 5.51. The van der Waals surface area contributed by atoms with Crippen LogP contribution in [0.4, 0.5) is 0 Å². The molecular formula is C16H25ClN2O3. The van der Waals surface area contributed by atoms with Crippen LogP contribution < -0.4 is 11.1 Å². The fraction of sp³-hybridized carbons (Fsp3) is 0.500. The van der Waals surface area contributed by atoms with Gasteiger partial charge in [-0.05, 0) is 24.3 Å².